The maximum Gasteiger partial charge on any atom is 0.308 e. The van der Waals surface area contributed by atoms with Crippen LogP contribution in [-0.2, 0) is 4.79 Å². The summed E-state index contributed by atoms with van der Waals surface area (Å²) >= 11 is 0. The van der Waals surface area contributed by atoms with Crippen molar-refractivity contribution in [2.75, 3.05) is 14.2 Å². The highest BCUT2D eigenvalue weighted by Crippen LogP contribution is 2.38. The predicted molar refractivity (Wildman–Crippen MR) is 74.3 cm³/mol. The molecule has 1 aromatic carbocycles. The predicted octanol–water partition coefficient (Wildman–Crippen LogP) is 0.236. The molecule has 0 atom stereocenters. The number of esters is 1. The lowest BCUT2D eigenvalue weighted by atomic mass is 10.2. The third kappa shape index (κ3) is 4.16. The number of methoxy groups -OCH3 is 2. The summed E-state index contributed by atoms with van der Waals surface area (Å²) in [7, 11) is 2.89. The molecule has 4 N–H and O–H groups in total. The van der Waals surface area contributed by atoms with Crippen molar-refractivity contribution in [1.82, 2.24) is 0 Å². The van der Waals surface area contributed by atoms with Gasteiger partial charge in [0.1, 0.15) is 0 Å². The number of nitrogens with two attached hydrogens (primary N) is 2. The lowest BCUT2D eigenvalue weighted by Crippen LogP contribution is -2.21. The first-order valence-electron chi connectivity index (χ1n) is 5.54. The minimum Gasteiger partial charge on any atom is -0.493 e. The molecule has 0 aliphatic heterocycles. The summed E-state index contributed by atoms with van der Waals surface area (Å²) in [6.07, 6.45) is 1.41. The van der Waals surface area contributed by atoms with Crippen molar-refractivity contribution in [3.05, 3.63) is 17.7 Å². The fraction of sp³-hybridized carbons (Fsp3) is 0.250. The van der Waals surface area contributed by atoms with Crippen LogP contribution in [0.25, 0.3) is 0 Å². The molecule has 0 aliphatic carbocycles. The molecule has 1 aromatic rings. The quantitative estimate of drug-likeness (QED) is 0.262. The van der Waals surface area contributed by atoms with Crippen molar-refractivity contribution in [3.63, 3.8) is 0 Å². The van der Waals surface area contributed by atoms with Gasteiger partial charge in [-0.05, 0) is 12.1 Å². The third-order valence-corrected chi connectivity index (χ3v) is 2.11. The maximum atomic E-state index is 11.1. The van der Waals surface area contributed by atoms with Crippen molar-refractivity contribution in [2.45, 2.75) is 6.92 Å². The van der Waals surface area contributed by atoms with Crippen LogP contribution in [0, 0.1) is 0 Å². The van der Waals surface area contributed by atoms with E-state index in [1.54, 1.807) is 12.1 Å². The van der Waals surface area contributed by atoms with E-state index in [2.05, 4.69) is 10.2 Å². The number of ether oxygens (including phenoxy) is 3. The number of hydrogen-bond acceptors (Lipinski definition) is 6. The fourth-order valence-electron chi connectivity index (χ4n) is 1.38. The lowest BCUT2D eigenvalue weighted by Gasteiger charge is -2.12. The Morgan fingerprint density at radius 2 is 1.75 bits per heavy atom. The number of guanidine groups is 1. The molecule has 8 nitrogen and oxygen atoms in total. The molecule has 0 heterocycles. The molecule has 0 unspecified atom stereocenters. The Hall–Kier alpha value is -2.77. The smallest absolute Gasteiger partial charge is 0.308 e. The van der Waals surface area contributed by atoms with Gasteiger partial charge in [-0.3, -0.25) is 4.79 Å². The van der Waals surface area contributed by atoms with Crippen LogP contribution in [0.3, 0.4) is 0 Å². The number of carbonyl (C=O) groups excluding carboxylic acids is 1. The van der Waals surface area contributed by atoms with Crippen LogP contribution >= 0.6 is 0 Å². The van der Waals surface area contributed by atoms with Gasteiger partial charge in [0.25, 0.3) is 0 Å². The van der Waals surface area contributed by atoms with Gasteiger partial charge in [-0.2, -0.15) is 5.10 Å². The Kier molecular flexibility index (Phi) is 5.33. The molecule has 0 aromatic heterocycles. The van der Waals surface area contributed by atoms with Gasteiger partial charge < -0.3 is 25.7 Å². The number of hydrogen-bond donors (Lipinski definition) is 2. The van der Waals surface area contributed by atoms with E-state index in [1.165, 1.54) is 27.4 Å². The average molecular weight is 280 g/mol. The number of nitrogens with zero attached hydrogens (tertiary/aromatic N) is 2. The number of carbonyl (C=O) groups is 1. The summed E-state index contributed by atoms with van der Waals surface area (Å²) in [6.45, 7) is 1.28. The molecule has 0 fully saturated rings. The average Bonchev–Trinajstić information content (AvgIpc) is 2.38. The number of benzene rings is 1. The van der Waals surface area contributed by atoms with E-state index in [1.807, 2.05) is 0 Å². The number of rotatable bonds is 5. The first-order chi connectivity index (χ1) is 9.47. The molecule has 0 saturated carbocycles. The van der Waals surface area contributed by atoms with E-state index >= 15 is 0 Å². The molecule has 0 aliphatic rings. The van der Waals surface area contributed by atoms with Gasteiger partial charge in [0.05, 0.1) is 20.4 Å². The molecule has 0 amide bonds. The highest BCUT2D eigenvalue weighted by molar-refractivity contribution is 5.84. The van der Waals surface area contributed by atoms with Crippen LogP contribution in [0.15, 0.2) is 22.3 Å². The molecule has 20 heavy (non-hydrogen) atoms. The van der Waals surface area contributed by atoms with Crippen LogP contribution in [0.1, 0.15) is 12.5 Å². The van der Waals surface area contributed by atoms with E-state index in [0.29, 0.717) is 17.1 Å². The largest absolute Gasteiger partial charge is 0.493 e. The normalized spacial score (nSPS) is 10.2. The molecular weight excluding hydrogens is 264 g/mol. The summed E-state index contributed by atoms with van der Waals surface area (Å²) < 4.78 is 15.4. The second kappa shape index (κ2) is 6.98. The van der Waals surface area contributed by atoms with Gasteiger partial charge in [-0.25, -0.2) is 0 Å². The zero-order valence-corrected chi connectivity index (χ0v) is 11.4. The first kappa shape index (κ1) is 15.3. The summed E-state index contributed by atoms with van der Waals surface area (Å²) in [4.78, 5) is 11.1. The molecular formula is C12H16N4O4. The van der Waals surface area contributed by atoms with Crippen LogP contribution in [0.5, 0.6) is 17.2 Å². The Morgan fingerprint density at radius 3 is 2.15 bits per heavy atom. The van der Waals surface area contributed by atoms with Crippen LogP contribution in [0.4, 0.5) is 0 Å². The highest BCUT2D eigenvalue weighted by atomic mass is 16.6. The second-order valence-corrected chi connectivity index (χ2v) is 3.62. The summed E-state index contributed by atoms with van der Waals surface area (Å²) in [5.74, 6) is 0.207. The highest BCUT2D eigenvalue weighted by Gasteiger charge is 2.15. The Bertz CT molecular complexity index is 525. The topological polar surface area (TPSA) is 122 Å². The monoisotopic (exact) mass is 280 g/mol. The molecule has 108 valence electrons. The van der Waals surface area contributed by atoms with Crippen molar-refractivity contribution in [3.8, 4) is 17.2 Å². The van der Waals surface area contributed by atoms with Gasteiger partial charge in [-0.1, -0.05) is 0 Å². The van der Waals surface area contributed by atoms with E-state index in [0.717, 1.165) is 0 Å². The van der Waals surface area contributed by atoms with Crippen LogP contribution in [0.2, 0.25) is 0 Å². The molecule has 0 spiro atoms. The minimum absolute atomic E-state index is 0.156. The lowest BCUT2D eigenvalue weighted by molar-refractivity contribution is -0.132. The summed E-state index contributed by atoms with van der Waals surface area (Å²) in [5.41, 5.74) is 10.9. The second-order valence-electron chi connectivity index (χ2n) is 3.62. The van der Waals surface area contributed by atoms with Crippen molar-refractivity contribution < 1.29 is 19.0 Å². The van der Waals surface area contributed by atoms with Gasteiger partial charge >= 0.3 is 5.97 Å². The van der Waals surface area contributed by atoms with Gasteiger partial charge in [0.2, 0.25) is 11.7 Å². The Balaban J connectivity index is 3.21. The van der Waals surface area contributed by atoms with Gasteiger partial charge in [-0.15, -0.1) is 5.10 Å². The SMILES string of the molecule is COc1cc(/C=N\N=C(N)N)cc(OC)c1OC(C)=O. The zero-order chi connectivity index (χ0) is 15.1. The van der Waals surface area contributed by atoms with Crippen LogP contribution in [-0.4, -0.2) is 32.4 Å². The third-order valence-electron chi connectivity index (χ3n) is 2.11. The molecule has 0 radical (unpaired) electrons. The standard InChI is InChI=1S/C12H16N4O4/c1-7(17)20-11-9(18-2)4-8(5-10(11)19-3)6-15-16-12(13)14/h4-6H,1-3H3,(H4,13,14,16)/b15-6-. The van der Waals surface area contributed by atoms with E-state index in [9.17, 15) is 4.79 Å². The zero-order valence-electron chi connectivity index (χ0n) is 11.4. The van der Waals surface area contributed by atoms with E-state index in [-0.39, 0.29) is 11.7 Å². The van der Waals surface area contributed by atoms with E-state index in [4.69, 9.17) is 25.7 Å². The van der Waals surface area contributed by atoms with E-state index < -0.39 is 5.97 Å². The maximum absolute atomic E-state index is 11.1. The Labute approximate surface area is 116 Å². The van der Waals surface area contributed by atoms with Gasteiger partial charge in [0.15, 0.2) is 11.5 Å². The van der Waals surface area contributed by atoms with Crippen molar-refractivity contribution >= 4 is 18.1 Å². The van der Waals surface area contributed by atoms with Gasteiger partial charge in [0, 0.05) is 12.5 Å². The first-order valence-corrected chi connectivity index (χ1v) is 5.54. The van der Waals surface area contributed by atoms with Crippen molar-refractivity contribution in [2.24, 2.45) is 21.7 Å². The Morgan fingerprint density at radius 1 is 1.20 bits per heavy atom. The van der Waals surface area contributed by atoms with Crippen LogP contribution < -0.4 is 25.7 Å². The molecule has 0 saturated heterocycles. The van der Waals surface area contributed by atoms with Crippen molar-refractivity contribution in [1.29, 1.82) is 0 Å². The minimum atomic E-state index is -0.483. The summed E-state index contributed by atoms with van der Waals surface area (Å²) in [6, 6.07) is 3.21. The summed E-state index contributed by atoms with van der Waals surface area (Å²) in [5, 5.41) is 7.15. The molecule has 1 rings (SSSR count). The molecule has 8 heteroatoms. The molecule has 0 bridgehead atoms. The fourth-order valence-corrected chi connectivity index (χ4v) is 1.38.